The summed E-state index contributed by atoms with van der Waals surface area (Å²) in [5.41, 5.74) is 7.65. The van der Waals surface area contributed by atoms with Crippen molar-refractivity contribution in [1.29, 1.82) is 5.26 Å². The summed E-state index contributed by atoms with van der Waals surface area (Å²) >= 11 is 3.41. The lowest BCUT2D eigenvalue weighted by Crippen LogP contribution is -2.43. The number of hydrogen-bond acceptors (Lipinski definition) is 3. The number of hydrogen-bond donors (Lipinski definition) is 1. The van der Waals surface area contributed by atoms with Gasteiger partial charge in [0.25, 0.3) is 0 Å². The fourth-order valence-corrected chi connectivity index (χ4v) is 2.56. The number of piperidine rings is 1. The highest BCUT2D eigenvalue weighted by Crippen LogP contribution is 2.28. The van der Waals surface area contributed by atoms with E-state index in [4.69, 9.17) is 11.0 Å². The average Bonchev–Trinajstić information content (AvgIpc) is 2.28. The van der Waals surface area contributed by atoms with Crippen molar-refractivity contribution < 1.29 is 0 Å². The summed E-state index contributed by atoms with van der Waals surface area (Å²) in [6, 6.07) is 8.31. The van der Waals surface area contributed by atoms with Crippen LogP contribution in [0, 0.1) is 11.3 Å². The number of halogens is 1. The molecular weight excluding hydrogens is 266 g/mol. The molecule has 3 nitrogen and oxygen atoms in total. The van der Waals surface area contributed by atoms with E-state index in [0.29, 0.717) is 5.56 Å². The standard InChI is InChI=1S/C12H14BrN3/c13-11-4-1-5-12(10(11)7-14)16-6-2-3-9(15)8-16/h1,4-5,9H,2-3,6,8,15H2. The maximum absolute atomic E-state index is 9.16. The van der Waals surface area contributed by atoms with Crippen molar-refractivity contribution in [2.45, 2.75) is 18.9 Å². The Kier molecular flexibility index (Phi) is 3.47. The second-order valence-corrected chi connectivity index (χ2v) is 4.95. The molecule has 2 rings (SSSR count). The summed E-state index contributed by atoms with van der Waals surface area (Å²) in [5, 5.41) is 9.16. The van der Waals surface area contributed by atoms with Gasteiger partial charge in [-0.05, 0) is 40.9 Å². The van der Waals surface area contributed by atoms with Crippen molar-refractivity contribution in [3.05, 3.63) is 28.2 Å². The lowest BCUT2D eigenvalue weighted by Gasteiger charge is -2.33. The molecule has 1 heterocycles. The Labute approximate surface area is 104 Å². The van der Waals surface area contributed by atoms with Crippen LogP contribution in [0.4, 0.5) is 5.69 Å². The number of rotatable bonds is 1. The summed E-state index contributed by atoms with van der Waals surface area (Å²) in [5.74, 6) is 0. The normalized spacial score (nSPS) is 20.6. The molecule has 2 N–H and O–H groups in total. The molecule has 0 saturated carbocycles. The third kappa shape index (κ3) is 2.21. The van der Waals surface area contributed by atoms with Gasteiger partial charge in [0.1, 0.15) is 6.07 Å². The summed E-state index contributed by atoms with van der Waals surface area (Å²) in [7, 11) is 0. The molecule has 0 aliphatic carbocycles. The van der Waals surface area contributed by atoms with Gasteiger partial charge >= 0.3 is 0 Å². The van der Waals surface area contributed by atoms with E-state index in [2.05, 4.69) is 26.9 Å². The second-order valence-electron chi connectivity index (χ2n) is 4.09. The van der Waals surface area contributed by atoms with E-state index < -0.39 is 0 Å². The number of benzene rings is 1. The SMILES string of the molecule is N#Cc1c(Br)cccc1N1CCCC(N)C1. The fourth-order valence-electron chi connectivity index (χ4n) is 2.12. The van der Waals surface area contributed by atoms with E-state index in [-0.39, 0.29) is 6.04 Å². The van der Waals surface area contributed by atoms with Crippen LogP contribution in [0.3, 0.4) is 0 Å². The van der Waals surface area contributed by atoms with Crippen molar-refractivity contribution in [3.8, 4) is 6.07 Å². The van der Waals surface area contributed by atoms with Crippen molar-refractivity contribution in [1.82, 2.24) is 0 Å². The van der Waals surface area contributed by atoms with Crippen LogP contribution < -0.4 is 10.6 Å². The van der Waals surface area contributed by atoms with Gasteiger partial charge in [0.05, 0.1) is 11.3 Å². The molecule has 4 heteroatoms. The van der Waals surface area contributed by atoms with E-state index in [1.54, 1.807) is 0 Å². The van der Waals surface area contributed by atoms with Crippen molar-refractivity contribution in [3.63, 3.8) is 0 Å². The molecule has 0 spiro atoms. The minimum atomic E-state index is 0.222. The number of nitrogens with zero attached hydrogens (tertiary/aromatic N) is 2. The lowest BCUT2D eigenvalue weighted by molar-refractivity contribution is 0.506. The number of nitriles is 1. The Balaban J connectivity index is 2.33. The van der Waals surface area contributed by atoms with Gasteiger partial charge in [-0.15, -0.1) is 0 Å². The number of anilines is 1. The Morgan fingerprint density at radius 1 is 1.50 bits per heavy atom. The average molecular weight is 280 g/mol. The molecule has 0 bridgehead atoms. The summed E-state index contributed by atoms with van der Waals surface area (Å²) < 4.78 is 0.853. The van der Waals surface area contributed by atoms with Crippen LogP contribution in [0.2, 0.25) is 0 Å². The Morgan fingerprint density at radius 2 is 2.31 bits per heavy atom. The van der Waals surface area contributed by atoms with E-state index in [0.717, 1.165) is 36.1 Å². The van der Waals surface area contributed by atoms with Crippen LogP contribution in [0.1, 0.15) is 18.4 Å². The largest absolute Gasteiger partial charge is 0.369 e. The molecule has 1 aromatic rings. The Hall–Kier alpha value is -1.05. The van der Waals surface area contributed by atoms with Gasteiger partial charge in [-0.3, -0.25) is 0 Å². The van der Waals surface area contributed by atoms with Gasteiger partial charge in [-0.2, -0.15) is 5.26 Å². The Bertz CT molecular complexity index is 425. The fraction of sp³-hybridized carbons (Fsp3) is 0.417. The quantitative estimate of drug-likeness (QED) is 0.858. The summed E-state index contributed by atoms with van der Waals surface area (Å²) in [4.78, 5) is 2.21. The molecule has 0 aromatic heterocycles. The van der Waals surface area contributed by atoms with Gasteiger partial charge in [0, 0.05) is 23.6 Å². The monoisotopic (exact) mass is 279 g/mol. The predicted molar refractivity (Wildman–Crippen MR) is 68.3 cm³/mol. The van der Waals surface area contributed by atoms with Crippen LogP contribution >= 0.6 is 15.9 Å². The van der Waals surface area contributed by atoms with Gasteiger partial charge < -0.3 is 10.6 Å². The summed E-state index contributed by atoms with van der Waals surface area (Å²) in [6.07, 6.45) is 2.17. The first-order chi connectivity index (χ1) is 7.72. The molecule has 0 radical (unpaired) electrons. The molecular formula is C12H14BrN3. The molecule has 1 saturated heterocycles. The lowest BCUT2D eigenvalue weighted by atomic mass is 10.0. The second kappa shape index (κ2) is 4.86. The van der Waals surface area contributed by atoms with E-state index in [1.165, 1.54) is 0 Å². The van der Waals surface area contributed by atoms with Gasteiger partial charge in [0.2, 0.25) is 0 Å². The van der Waals surface area contributed by atoms with Gasteiger partial charge in [0.15, 0.2) is 0 Å². The van der Waals surface area contributed by atoms with Gasteiger partial charge in [-0.25, -0.2) is 0 Å². The van der Waals surface area contributed by atoms with Crippen molar-refractivity contribution in [2.75, 3.05) is 18.0 Å². The minimum Gasteiger partial charge on any atom is -0.369 e. The first-order valence-electron chi connectivity index (χ1n) is 5.41. The molecule has 1 fully saturated rings. The van der Waals surface area contributed by atoms with Crippen molar-refractivity contribution >= 4 is 21.6 Å². The molecule has 16 heavy (non-hydrogen) atoms. The van der Waals surface area contributed by atoms with E-state index >= 15 is 0 Å². The molecule has 84 valence electrons. The van der Waals surface area contributed by atoms with E-state index in [1.807, 2.05) is 18.2 Å². The van der Waals surface area contributed by atoms with Crippen LogP contribution in [0.5, 0.6) is 0 Å². The maximum atomic E-state index is 9.16. The van der Waals surface area contributed by atoms with Crippen LogP contribution in [-0.2, 0) is 0 Å². The zero-order chi connectivity index (χ0) is 11.5. The van der Waals surface area contributed by atoms with Crippen molar-refractivity contribution in [2.24, 2.45) is 5.73 Å². The summed E-state index contributed by atoms with van der Waals surface area (Å²) in [6.45, 7) is 1.82. The smallest absolute Gasteiger partial charge is 0.103 e. The van der Waals surface area contributed by atoms with Crippen LogP contribution in [0.15, 0.2) is 22.7 Å². The molecule has 1 aromatic carbocycles. The molecule has 1 aliphatic heterocycles. The molecule has 1 atom stereocenters. The van der Waals surface area contributed by atoms with Crippen LogP contribution in [0.25, 0.3) is 0 Å². The highest BCUT2D eigenvalue weighted by atomic mass is 79.9. The highest BCUT2D eigenvalue weighted by molar-refractivity contribution is 9.10. The minimum absolute atomic E-state index is 0.222. The van der Waals surface area contributed by atoms with Crippen LogP contribution in [-0.4, -0.2) is 19.1 Å². The topological polar surface area (TPSA) is 53.0 Å². The predicted octanol–water partition coefficient (Wildman–Crippen LogP) is 2.25. The first kappa shape index (κ1) is 11.4. The molecule has 1 unspecified atom stereocenters. The Morgan fingerprint density at radius 3 is 3.00 bits per heavy atom. The zero-order valence-electron chi connectivity index (χ0n) is 8.99. The maximum Gasteiger partial charge on any atom is 0.103 e. The third-order valence-electron chi connectivity index (χ3n) is 2.90. The van der Waals surface area contributed by atoms with E-state index in [9.17, 15) is 0 Å². The molecule has 1 aliphatic rings. The first-order valence-corrected chi connectivity index (χ1v) is 6.21. The third-order valence-corrected chi connectivity index (χ3v) is 3.56. The zero-order valence-corrected chi connectivity index (χ0v) is 10.6. The van der Waals surface area contributed by atoms with Gasteiger partial charge in [-0.1, -0.05) is 6.07 Å². The number of nitrogens with two attached hydrogens (primary N) is 1. The highest BCUT2D eigenvalue weighted by Gasteiger charge is 2.19. The molecule has 0 amide bonds.